The van der Waals surface area contributed by atoms with Crippen molar-refractivity contribution in [3.63, 3.8) is 0 Å². The first-order valence-corrected chi connectivity index (χ1v) is 21.4. The molecule has 0 aliphatic heterocycles. The zero-order valence-electron chi connectivity index (χ0n) is 33.2. The van der Waals surface area contributed by atoms with Gasteiger partial charge < -0.3 is 4.74 Å². The van der Waals surface area contributed by atoms with Crippen molar-refractivity contribution in [1.82, 2.24) is 0 Å². The van der Waals surface area contributed by atoms with E-state index < -0.39 is 0 Å². The molecule has 2 atom stereocenters. The molecular formula is C46H86O. The number of hydrogen-bond acceptors (Lipinski definition) is 1. The maximum absolute atomic E-state index is 6.93. The molecule has 1 aliphatic rings. The van der Waals surface area contributed by atoms with Crippen LogP contribution < -0.4 is 0 Å². The molecule has 47 heavy (non-hydrogen) atoms. The Balaban J connectivity index is 0.0000104. The van der Waals surface area contributed by atoms with Gasteiger partial charge in [0.15, 0.2) is 0 Å². The normalized spacial score (nSPS) is 17.1. The molecule has 2 unspecified atom stereocenters. The number of hydrogen-bond donors (Lipinski definition) is 0. The highest BCUT2D eigenvalue weighted by molar-refractivity contribution is 4.93. The first kappa shape index (κ1) is 45.9. The first-order chi connectivity index (χ1) is 23.1. The van der Waals surface area contributed by atoms with Gasteiger partial charge in [-0.3, -0.25) is 0 Å². The lowest BCUT2D eigenvalue weighted by Gasteiger charge is -2.35. The average molecular weight is 655 g/mol. The van der Waals surface area contributed by atoms with Crippen LogP contribution in [0.2, 0.25) is 0 Å². The van der Waals surface area contributed by atoms with Crippen LogP contribution in [0.5, 0.6) is 0 Å². The van der Waals surface area contributed by atoms with E-state index in [0.717, 1.165) is 18.8 Å². The van der Waals surface area contributed by atoms with Crippen LogP contribution in [-0.4, -0.2) is 11.7 Å². The van der Waals surface area contributed by atoms with Gasteiger partial charge in [0.25, 0.3) is 0 Å². The molecule has 0 spiro atoms. The fourth-order valence-corrected chi connectivity index (χ4v) is 6.87. The predicted octanol–water partition coefficient (Wildman–Crippen LogP) is 16.4. The minimum Gasteiger partial charge on any atom is -0.372 e. The van der Waals surface area contributed by atoms with Crippen molar-refractivity contribution >= 4 is 0 Å². The molecule has 0 saturated heterocycles. The average Bonchev–Trinajstić information content (AvgIpc) is 3.48. The Morgan fingerprint density at radius 3 is 1.21 bits per heavy atom. The summed E-state index contributed by atoms with van der Waals surface area (Å²) in [4.78, 5) is 0. The van der Waals surface area contributed by atoms with Gasteiger partial charge in [0.1, 0.15) is 0 Å². The minimum absolute atomic E-state index is 0.0910. The Morgan fingerprint density at radius 2 is 0.851 bits per heavy atom. The number of unbranched alkanes of at least 4 members (excludes halogenated alkanes) is 18. The summed E-state index contributed by atoms with van der Waals surface area (Å²) < 4.78 is 6.93. The van der Waals surface area contributed by atoms with E-state index >= 15 is 0 Å². The summed E-state index contributed by atoms with van der Waals surface area (Å²) in [5, 5.41) is 0. The minimum atomic E-state index is 0.0910. The Hall–Kier alpha value is -1.08. The Morgan fingerprint density at radius 1 is 0.489 bits per heavy atom. The molecule has 0 aromatic heterocycles. The Bertz CT molecular complexity index is 679. The van der Waals surface area contributed by atoms with Gasteiger partial charge in [-0.05, 0) is 103 Å². The quantitative estimate of drug-likeness (QED) is 0.0518. The third-order valence-corrected chi connectivity index (χ3v) is 10.0. The lowest BCUT2D eigenvalue weighted by Crippen LogP contribution is -2.35. The van der Waals surface area contributed by atoms with Gasteiger partial charge in [-0.2, -0.15) is 0 Å². The standard InChI is InChI=1S/C44H80O.C2H6/c1-5-7-9-11-13-15-17-19-21-23-25-27-29-31-33-35-40-44(4,45-43-39-37-38-42(43)3)41-36-34-32-30-28-26-24-22-20-18-16-14-12-10-8-6-2;1-2/h13-16,19-22,42-43H,5-12,17-18,23-41H2,1-4H3;1-2H3/b15-13-,16-14-,21-19-,22-20-;. The van der Waals surface area contributed by atoms with Crippen LogP contribution in [0.1, 0.15) is 228 Å². The Kier molecular flexibility index (Phi) is 35.4. The highest BCUT2D eigenvalue weighted by Gasteiger charge is 2.33. The lowest BCUT2D eigenvalue weighted by atomic mass is 9.90. The van der Waals surface area contributed by atoms with Crippen LogP contribution in [-0.2, 0) is 4.74 Å². The molecule has 0 aromatic carbocycles. The third kappa shape index (κ3) is 30.7. The van der Waals surface area contributed by atoms with Crippen LogP contribution in [0.25, 0.3) is 0 Å². The maximum Gasteiger partial charge on any atom is 0.0658 e. The molecule has 1 saturated carbocycles. The van der Waals surface area contributed by atoms with Gasteiger partial charge in [0.05, 0.1) is 11.7 Å². The molecule has 0 N–H and O–H groups in total. The summed E-state index contributed by atoms with van der Waals surface area (Å²) in [6.45, 7) is 13.4. The molecule has 0 bridgehead atoms. The van der Waals surface area contributed by atoms with Crippen LogP contribution >= 0.6 is 0 Å². The van der Waals surface area contributed by atoms with Crippen LogP contribution in [0.15, 0.2) is 48.6 Å². The van der Waals surface area contributed by atoms with Gasteiger partial charge in [-0.1, -0.05) is 180 Å². The van der Waals surface area contributed by atoms with E-state index in [4.69, 9.17) is 4.74 Å². The van der Waals surface area contributed by atoms with Crippen molar-refractivity contribution in [2.24, 2.45) is 5.92 Å². The second kappa shape index (κ2) is 36.2. The fraction of sp³-hybridized carbons (Fsp3) is 0.826. The first-order valence-electron chi connectivity index (χ1n) is 21.4. The van der Waals surface area contributed by atoms with E-state index in [0.29, 0.717) is 6.10 Å². The van der Waals surface area contributed by atoms with Crippen molar-refractivity contribution in [1.29, 1.82) is 0 Å². The predicted molar refractivity (Wildman–Crippen MR) is 216 cm³/mol. The summed E-state index contributed by atoms with van der Waals surface area (Å²) in [5.41, 5.74) is 0.0910. The molecule has 1 fully saturated rings. The summed E-state index contributed by atoms with van der Waals surface area (Å²) in [5.74, 6) is 0.746. The van der Waals surface area contributed by atoms with Gasteiger partial charge in [0.2, 0.25) is 0 Å². The monoisotopic (exact) mass is 655 g/mol. The molecule has 1 nitrogen and oxygen atoms in total. The second-order valence-corrected chi connectivity index (χ2v) is 14.7. The van der Waals surface area contributed by atoms with Crippen molar-refractivity contribution < 1.29 is 4.74 Å². The van der Waals surface area contributed by atoms with Crippen LogP contribution in [0, 0.1) is 5.92 Å². The molecule has 1 aliphatic carbocycles. The van der Waals surface area contributed by atoms with E-state index in [-0.39, 0.29) is 5.60 Å². The van der Waals surface area contributed by atoms with Crippen LogP contribution in [0.3, 0.4) is 0 Å². The molecule has 276 valence electrons. The molecule has 1 rings (SSSR count). The summed E-state index contributed by atoms with van der Waals surface area (Å²) in [6.07, 6.45) is 57.7. The van der Waals surface area contributed by atoms with E-state index in [1.807, 2.05) is 13.8 Å². The van der Waals surface area contributed by atoms with Gasteiger partial charge in [-0.25, -0.2) is 0 Å². The van der Waals surface area contributed by atoms with Crippen molar-refractivity contribution in [2.45, 2.75) is 239 Å². The zero-order chi connectivity index (χ0) is 34.5. The third-order valence-electron chi connectivity index (χ3n) is 10.0. The van der Waals surface area contributed by atoms with E-state index in [2.05, 4.69) is 76.3 Å². The van der Waals surface area contributed by atoms with E-state index in [1.54, 1.807) is 0 Å². The van der Waals surface area contributed by atoms with Gasteiger partial charge in [-0.15, -0.1) is 0 Å². The summed E-state index contributed by atoms with van der Waals surface area (Å²) in [7, 11) is 0. The molecular weight excluding hydrogens is 569 g/mol. The lowest BCUT2D eigenvalue weighted by molar-refractivity contribution is -0.105. The maximum atomic E-state index is 6.93. The SMILES string of the molecule is CC.CCCCC/C=C\C/C=C\CCCCCCCCC(C)(CCCCCCCC/C=C\C/C=C\CCCCC)OC1CCCC1C. The molecule has 1 heteroatoms. The molecule has 0 radical (unpaired) electrons. The second-order valence-electron chi connectivity index (χ2n) is 14.7. The molecule has 0 amide bonds. The highest BCUT2D eigenvalue weighted by Crippen LogP contribution is 2.35. The van der Waals surface area contributed by atoms with Crippen molar-refractivity contribution in [2.75, 3.05) is 0 Å². The van der Waals surface area contributed by atoms with E-state index in [1.165, 1.54) is 173 Å². The van der Waals surface area contributed by atoms with Crippen molar-refractivity contribution in [3.8, 4) is 0 Å². The fourth-order valence-electron chi connectivity index (χ4n) is 6.87. The number of rotatable bonds is 32. The van der Waals surface area contributed by atoms with Gasteiger partial charge in [0, 0.05) is 0 Å². The summed E-state index contributed by atoms with van der Waals surface area (Å²) >= 11 is 0. The largest absolute Gasteiger partial charge is 0.372 e. The number of ether oxygens (including phenoxy) is 1. The molecule has 0 heterocycles. The molecule has 0 aromatic rings. The highest BCUT2D eigenvalue weighted by atomic mass is 16.5. The topological polar surface area (TPSA) is 9.23 Å². The van der Waals surface area contributed by atoms with Crippen molar-refractivity contribution in [3.05, 3.63) is 48.6 Å². The van der Waals surface area contributed by atoms with Gasteiger partial charge >= 0.3 is 0 Å². The Labute approximate surface area is 298 Å². The zero-order valence-corrected chi connectivity index (χ0v) is 33.2. The van der Waals surface area contributed by atoms with Crippen LogP contribution in [0.4, 0.5) is 0 Å². The smallest absolute Gasteiger partial charge is 0.0658 e. The number of allylic oxidation sites excluding steroid dienone is 8. The summed E-state index contributed by atoms with van der Waals surface area (Å²) in [6, 6.07) is 0. The van der Waals surface area contributed by atoms with E-state index in [9.17, 15) is 0 Å².